The SMILES string of the molecule is CC1(C)OC(C(C)(C)P(c2ccccc2)c2ccccc2)C(C(C)(C)P(c2ccccc2)c2ccccc2)O1. The van der Waals surface area contributed by atoms with E-state index in [4.69, 9.17) is 9.47 Å². The van der Waals surface area contributed by atoms with Gasteiger partial charge in [-0.05, 0) is 50.9 Å². The third-order valence-electron chi connectivity index (χ3n) is 7.70. The second-order valence-corrected chi connectivity index (χ2v) is 17.5. The predicted molar refractivity (Wildman–Crippen MR) is 170 cm³/mol. The van der Waals surface area contributed by atoms with Gasteiger partial charge in [0.2, 0.25) is 0 Å². The fourth-order valence-electron chi connectivity index (χ4n) is 5.98. The zero-order chi connectivity index (χ0) is 27.7. The van der Waals surface area contributed by atoms with Gasteiger partial charge in [-0.1, -0.05) is 149 Å². The topological polar surface area (TPSA) is 18.5 Å². The van der Waals surface area contributed by atoms with Crippen LogP contribution in [0.15, 0.2) is 121 Å². The van der Waals surface area contributed by atoms with E-state index in [1.54, 1.807) is 0 Å². The average Bonchev–Trinajstić information content (AvgIpc) is 3.28. The van der Waals surface area contributed by atoms with Gasteiger partial charge in [0.25, 0.3) is 0 Å². The fourth-order valence-corrected chi connectivity index (χ4v) is 12.0. The summed E-state index contributed by atoms with van der Waals surface area (Å²) in [5, 5.41) is 5.04. The van der Waals surface area contributed by atoms with Gasteiger partial charge in [0.15, 0.2) is 5.79 Å². The Hall–Kier alpha value is -2.34. The van der Waals surface area contributed by atoms with Crippen LogP contribution in [0.3, 0.4) is 0 Å². The number of ether oxygens (including phenoxy) is 2. The number of rotatable bonds is 8. The van der Waals surface area contributed by atoms with Crippen LogP contribution in [0.5, 0.6) is 0 Å². The van der Waals surface area contributed by atoms with Crippen LogP contribution < -0.4 is 21.2 Å². The van der Waals surface area contributed by atoms with Crippen LogP contribution in [0.1, 0.15) is 41.5 Å². The first-order valence-corrected chi connectivity index (χ1v) is 16.5. The first-order valence-electron chi connectivity index (χ1n) is 13.8. The second kappa shape index (κ2) is 11.3. The second-order valence-electron chi connectivity index (χ2n) is 11.8. The maximum absolute atomic E-state index is 6.96. The van der Waals surface area contributed by atoms with E-state index >= 15 is 0 Å². The van der Waals surface area contributed by atoms with Crippen molar-refractivity contribution in [3.05, 3.63) is 121 Å². The van der Waals surface area contributed by atoms with Crippen molar-refractivity contribution in [1.29, 1.82) is 0 Å². The van der Waals surface area contributed by atoms with E-state index in [2.05, 4.69) is 163 Å². The van der Waals surface area contributed by atoms with Gasteiger partial charge in [-0.15, -0.1) is 0 Å². The van der Waals surface area contributed by atoms with Crippen LogP contribution in [0.2, 0.25) is 0 Å². The Morgan fingerprint density at radius 3 is 0.923 bits per heavy atom. The largest absolute Gasteiger partial charge is 0.344 e. The fraction of sp³-hybridized carbons (Fsp3) is 0.314. The molecule has 0 aromatic heterocycles. The molecular weight excluding hydrogens is 514 g/mol. The third kappa shape index (κ3) is 5.77. The van der Waals surface area contributed by atoms with E-state index in [0.717, 1.165) is 0 Å². The highest BCUT2D eigenvalue weighted by Crippen LogP contribution is 2.60. The summed E-state index contributed by atoms with van der Waals surface area (Å²) in [6.07, 6.45) is -0.210. The minimum Gasteiger partial charge on any atom is -0.344 e. The molecule has 0 spiro atoms. The lowest BCUT2D eigenvalue weighted by atomic mass is 9.92. The summed E-state index contributed by atoms with van der Waals surface area (Å²) in [5.74, 6) is -0.674. The van der Waals surface area contributed by atoms with Gasteiger partial charge in [-0.25, -0.2) is 0 Å². The smallest absolute Gasteiger partial charge is 0.163 e. The van der Waals surface area contributed by atoms with Crippen molar-refractivity contribution in [3.8, 4) is 0 Å². The predicted octanol–water partition coefficient (Wildman–Crippen LogP) is 7.33. The Morgan fingerprint density at radius 1 is 0.462 bits per heavy atom. The van der Waals surface area contributed by atoms with Crippen molar-refractivity contribution in [2.45, 2.75) is 69.8 Å². The monoisotopic (exact) mass is 554 g/mol. The van der Waals surface area contributed by atoms with Gasteiger partial charge in [0, 0.05) is 10.3 Å². The third-order valence-corrected chi connectivity index (χ3v) is 13.8. The van der Waals surface area contributed by atoms with Crippen molar-refractivity contribution in [3.63, 3.8) is 0 Å². The molecule has 1 aliphatic heterocycles. The van der Waals surface area contributed by atoms with Gasteiger partial charge in [0.05, 0.1) is 12.2 Å². The van der Waals surface area contributed by atoms with Gasteiger partial charge < -0.3 is 9.47 Å². The molecule has 4 aromatic rings. The highest BCUT2D eigenvalue weighted by atomic mass is 31.1. The van der Waals surface area contributed by atoms with Crippen LogP contribution in [0, 0.1) is 0 Å². The summed E-state index contributed by atoms with van der Waals surface area (Å²) in [7, 11) is -1.49. The molecule has 2 nitrogen and oxygen atoms in total. The Labute approximate surface area is 237 Å². The zero-order valence-electron chi connectivity index (χ0n) is 23.9. The zero-order valence-corrected chi connectivity index (χ0v) is 25.7. The minimum atomic E-state index is -0.746. The molecule has 4 heteroatoms. The number of benzene rings is 4. The molecule has 5 rings (SSSR count). The summed E-state index contributed by atoms with van der Waals surface area (Å²) in [6.45, 7) is 13.7. The highest BCUT2D eigenvalue weighted by molar-refractivity contribution is 7.75. The number of hydrogen-bond donors (Lipinski definition) is 0. The maximum atomic E-state index is 6.96. The first-order chi connectivity index (χ1) is 18.6. The molecule has 4 aromatic carbocycles. The molecule has 1 aliphatic rings. The van der Waals surface area contributed by atoms with E-state index in [-0.39, 0.29) is 22.5 Å². The quantitative estimate of drug-likeness (QED) is 0.212. The molecule has 1 heterocycles. The van der Waals surface area contributed by atoms with Crippen molar-refractivity contribution in [2.75, 3.05) is 0 Å². The van der Waals surface area contributed by atoms with Gasteiger partial charge in [-0.2, -0.15) is 0 Å². The molecule has 39 heavy (non-hydrogen) atoms. The van der Waals surface area contributed by atoms with Crippen molar-refractivity contribution in [2.24, 2.45) is 0 Å². The molecule has 2 unspecified atom stereocenters. The Balaban J connectivity index is 1.64. The van der Waals surface area contributed by atoms with E-state index < -0.39 is 21.6 Å². The molecule has 0 saturated carbocycles. The van der Waals surface area contributed by atoms with Crippen molar-refractivity contribution in [1.82, 2.24) is 0 Å². The summed E-state index contributed by atoms with van der Waals surface area (Å²) < 4.78 is 13.9. The summed E-state index contributed by atoms with van der Waals surface area (Å²) in [4.78, 5) is 0. The van der Waals surface area contributed by atoms with Crippen molar-refractivity contribution < 1.29 is 9.47 Å². The van der Waals surface area contributed by atoms with Gasteiger partial charge in [0.1, 0.15) is 0 Å². The van der Waals surface area contributed by atoms with Crippen LogP contribution in [0.25, 0.3) is 0 Å². The highest BCUT2D eigenvalue weighted by Gasteiger charge is 2.58. The first kappa shape index (κ1) is 28.2. The molecule has 1 saturated heterocycles. The Bertz CT molecular complexity index is 1150. The van der Waals surface area contributed by atoms with E-state index in [1.807, 2.05) is 0 Å². The van der Waals surface area contributed by atoms with E-state index in [0.29, 0.717) is 0 Å². The van der Waals surface area contributed by atoms with E-state index in [1.165, 1.54) is 21.2 Å². The lowest BCUT2D eigenvalue weighted by Gasteiger charge is -2.47. The standard InChI is InChI=1S/C35H40O2P2/c1-33(2,38(27-19-11-7-12-20-27)28-21-13-8-14-22-28)31-32(37-35(5,6)36-31)34(3,4)39(29-23-15-9-16-24-29)30-25-17-10-18-26-30/h7-26,31-32H,1-6H3. The molecule has 0 aliphatic carbocycles. The Morgan fingerprint density at radius 2 is 0.692 bits per heavy atom. The molecule has 0 N–H and O–H groups in total. The molecule has 1 fully saturated rings. The average molecular weight is 555 g/mol. The molecule has 0 amide bonds. The summed E-state index contributed by atoms with van der Waals surface area (Å²) in [5.41, 5.74) is 0. The summed E-state index contributed by atoms with van der Waals surface area (Å²) >= 11 is 0. The van der Waals surface area contributed by atoms with E-state index in [9.17, 15) is 0 Å². The molecular formula is C35H40O2P2. The Kier molecular flexibility index (Phi) is 8.15. The van der Waals surface area contributed by atoms with Gasteiger partial charge >= 0.3 is 0 Å². The lowest BCUT2D eigenvalue weighted by molar-refractivity contribution is -0.150. The molecule has 0 bridgehead atoms. The molecule has 2 atom stereocenters. The lowest BCUT2D eigenvalue weighted by Crippen LogP contribution is -2.53. The van der Waals surface area contributed by atoms with Gasteiger partial charge in [-0.3, -0.25) is 0 Å². The van der Waals surface area contributed by atoms with Crippen LogP contribution >= 0.6 is 15.8 Å². The number of hydrogen-bond acceptors (Lipinski definition) is 2. The molecule has 202 valence electrons. The normalized spacial score (nSPS) is 19.5. The maximum Gasteiger partial charge on any atom is 0.163 e. The van der Waals surface area contributed by atoms with Crippen molar-refractivity contribution >= 4 is 37.1 Å². The minimum absolute atomic E-state index is 0.105. The summed E-state index contributed by atoms with van der Waals surface area (Å²) in [6, 6.07) is 43.9. The van der Waals surface area contributed by atoms with Crippen LogP contribution in [0.4, 0.5) is 0 Å². The molecule has 0 radical (unpaired) electrons. The van der Waals surface area contributed by atoms with Crippen LogP contribution in [-0.4, -0.2) is 28.3 Å². The van der Waals surface area contributed by atoms with Crippen LogP contribution in [-0.2, 0) is 9.47 Å².